The molecule has 1 atom stereocenters. The van der Waals surface area contributed by atoms with E-state index >= 15 is 0 Å². The summed E-state index contributed by atoms with van der Waals surface area (Å²) in [6.07, 6.45) is 1.92. The van der Waals surface area contributed by atoms with Crippen LogP contribution >= 0.6 is 11.8 Å². The number of carbonyl (C=O) groups is 1. The maximum Gasteiger partial charge on any atom is 0.229 e. The molecule has 0 bridgehead atoms. The largest absolute Gasteiger partial charge is 0.489 e. The van der Waals surface area contributed by atoms with Crippen LogP contribution in [-0.4, -0.2) is 28.3 Å². The van der Waals surface area contributed by atoms with Crippen molar-refractivity contribution >= 4 is 17.7 Å². The zero-order chi connectivity index (χ0) is 22.6. The first kappa shape index (κ1) is 21.4. The van der Waals surface area contributed by atoms with Gasteiger partial charge in [-0.05, 0) is 35.4 Å². The molecule has 3 aromatic rings. The van der Waals surface area contributed by atoms with Crippen molar-refractivity contribution in [2.45, 2.75) is 25.5 Å². The molecule has 0 aliphatic carbocycles. The quantitative estimate of drug-likeness (QED) is 0.515. The summed E-state index contributed by atoms with van der Waals surface area (Å²) < 4.78 is 11.4. The molecular formula is C26H23N3O3S. The highest BCUT2D eigenvalue weighted by Gasteiger charge is 2.38. The van der Waals surface area contributed by atoms with Crippen molar-refractivity contribution in [2.24, 2.45) is 0 Å². The molecule has 33 heavy (non-hydrogen) atoms. The van der Waals surface area contributed by atoms with Crippen LogP contribution in [0.3, 0.4) is 0 Å². The Morgan fingerprint density at radius 1 is 1.12 bits per heavy atom. The minimum atomic E-state index is -0.266. The lowest BCUT2D eigenvalue weighted by molar-refractivity contribution is -0.132. The van der Waals surface area contributed by atoms with Crippen LogP contribution < -0.4 is 4.74 Å². The molecular weight excluding hydrogens is 434 g/mol. The van der Waals surface area contributed by atoms with Crippen molar-refractivity contribution in [3.8, 4) is 11.8 Å². The second-order valence-electron chi connectivity index (χ2n) is 8.08. The van der Waals surface area contributed by atoms with Crippen LogP contribution in [0.2, 0.25) is 0 Å². The lowest BCUT2D eigenvalue weighted by Crippen LogP contribution is -2.46. The molecule has 0 saturated carbocycles. The van der Waals surface area contributed by atoms with Gasteiger partial charge in [-0.1, -0.05) is 54.2 Å². The van der Waals surface area contributed by atoms with Crippen LogP contribution in [0, 0.1) is 11.3 Å². The molecule has 2 aliphatic rings. The first-order chi connectivity index (χ1) is 16.2. The Bertz CT molecular complexity index is 1200. The van der Waals surface area contributed by atoms with Gasteiger partial charge in [0, 0.05) is 12.3 Å². The lowest BCUT2D eigenvalue weighted by Gasteiger charge is -2.41. The van der Waals surface area contributed by atoms with E-state index < -0.39 is 0 Å². The summed E-state index contributed by atoms with van der Waals surface area (Å²) in [6.45, 7) is 1.55. The predicted octanol–water partition coefficient (Wildman–Crippen LogP) is 5.07. The van der Waals surface area contributed by atoms with Gasteiger partial charge in [-0.25, -0.2) is 0 Å². The summed E-state index contributed by atoms with van der Waals surface area (Å²) in [5.41, 5.74) is 2.66. The van der Waals surface area contributed by atoms with Crippen molar-refractivity contribution in [1.29, 1.82) is 5.26 Å². The van der Waals surface area contributed by atoms with Crippen LogP contribution in [0.5, 0.6) is 5.75 Å². The Kier molecular flexibility index (Phi) is 6.20. The molecule has 0 unspecified atom stereocenters. The number of fused-ring (bicyclic) bond motifs is 1. The predicted molar refractivity (Wildman–Crippen MR) is 126 cm³/mol. The van der Waals surface area contributed by atoms with E-state index in [1.807, 2.05) is 66.7 Å². The fourth-order valence-corrected chi connectivity index (χ4v) is 5.31. The van der Waals surface area contributed by atoms with Crippen LogP contribution in [0.15, 0.2) is 88.0 Å². The molecule has 1 aromatic heterocycles. The van der Waals surface area contributed by atoms with Crippen LogP contribution in [0.25, 0.3) is 0 Å². The summed E-state index contributed by atoms with van der Waals surface area (Å²) in [6, 6.07) is 23.9. The van der Waals surface area contributed by atoms with E-state index in [1.54, 1.807) is 11.2 Å². The molecule has 0 radical (unpaired) electrons. The zero-order valence-corrected chi connectivity index (χ0v) is 18.8. The Labute approximate surface area is 197 Å². The van der Waals surface area contributed by atoms with Gasteiger partial charge in [-0.15, -0.1) is 0 Å². The number of benzene rings is 2. The zero-order valence-electron chi connectivity index (χ0n) is 18.0. The van der Waals surface area contributed by atoms with Crippen molar-refractivity contribution in [1.82, 2.24) is 9.80 Å². The van der Waals surface area contributed by atoms with E-state index in [-0.39, 0.29) is 18.2 Å². The molecule has 166 valence electrons. The van der Waals surface area contributed by atoms with Crippen molar-refractivity contribution in [2.75, 3.05) is 12.5 Å². The SMILES string of the molecule is N#CC1=C2SCN(Cc3ccco3)CN2C(=O)C[C@H]1c1cccc(OCc2ccccc2)c1. The number of nitriles is 1. The Morgan fingerprint density at radius 2 is 2.00 bits per heavy atom. The summed E-state index contributed by atoms with van der Waals surface area (Å²) in [4.78, 5) is 17.0. The van der Waals surface area contributed by atoms with Crippen molar-refractivity contribution in [3.63, 3.8) is 0 Å². The van der Waals surface area contributed by atoms with Gasteiger partial charge >= 0.3 is 0 Å². The molecule has 5 rings (SSSR count). The van der Waals surface area contributed by atoms with Gasteiger partial charge in [0.15, 0.2) is 0 Å². The average molecular weight is 458 g/mol. The van der Waals surface area contributed by atoms with Crippen molar-refractivity contribution < 1.29 is 13.9 Å². The van der Waals surface area contributed by atoms with Gasteiger partial charge in [0.05, 0.1) is 42.0 Å². The second kappa shape index (κ2) is 9.57. The first-order valence-electron chi connectivity index (χ1n) is 10.8. The molecule has 3 heterocycles. The monoisotopic (exact) mass is 457 g/mol. The van der Waals surface area contributed by atoms with E-state index in [1.165, 1.54) is 11.8 Å². The van der Waals surface area contributed by atoms with E-state index in [9.17, 15) is 10.1 Å². The third-order valence-corrected chi connectivity index (χ3v) is 7.03. The lowest BCUT2D eigenvalue weighted by atomic mass is 9.86. The fraction of sp³-hybridized carbons (Fsp3) is 0.231. The van der Waals surface area contributed by atoms with E-state index in [4.69, 9.17) is 9.15 Å². The molecule has 7 heteroatoms. The third kappa shape index (κ3) is 4.68. The number of thioether (sulfide) groups is 1. The van der Waals surface area contributed by atoms with E-state index in [0.29, 0.717) is 31.3 Å². The number of furan rings is 1. The smallest absolute Gasteiger partial charge is 0.229 e. The second-order valence-corrected chi connectivity index (χ2v) is 9.01. The molecule has 6 nitrogen and oxygen atoms in total. The number of hydrogen-bond acceptors (Lipinski definition) is 6. The summed E-state index contributed by atoms with van der Waals surface area (Å²) in [5, 5.41) is 10.8. The number of hydrogen-bond donors (Lipinski definition) is 0. The van der Waals surface area contributed by atoms with Crippen LogP contribution in [0.4, 0.5) is 0 Å². The number of ether oxygens (including phenoxy) is 1. The highest BCUT2D eigenvalue weighted by molar-refractivity contribution is 8.03. The van der Waals surface area contributed by atoms with E-state index in [2.05, 4.69) is 11.0 Å². The minimum Gasteiger partial charge on any atom is -0.489 e. The summed E-state index contributed by atoms with van der Waals surface area (Å²) in [5.74, 6) is 2.05. The minimum absolute atomic E-state index is 0.0289. The summed E-state index contributed by atoms with van der Waals surface area (Å²) in [7, 11) is 0. The highest BCUT2D eigenvalue weighted by Crippen LogP contribution is 2.43. The Morgan fingerprint density at radius 3 is 2.79 bits per heavy atom. The molecule has 1 saturated heterocycles. The van der Waals surface area contributed by atoms with Gasteiger partial charge in [-0.3, -0.25) is 14.6 Å². The maximum atomic E-state index is 13.1. The number of nitrogens with zero attached hydrogens (tertiary/aromatic N) is 3. The maximum absolute atomic E-state index is 13.1. The number of rotatable bonds is 6. The van der Waals surface area contributed by atoms with Gasteiger partial charge in [-0.2, -0.15) is 5.26 Å². The van der Waals surface area contributed by atoms with Gasteiger partial charge in [0.2, 0.25) is 5.91 Å². The molecule has 1 fully saturated rings. The number of allylic oxidation sites excluding steroid dienone is 1. The Hall–Kier alpha value is -3.47. The van der Waals surface area contributed by atoms with Crippen LogP contribution in [0.1, 0.15) is 29.2 Å². The molecule has 0 spiro atoms. The highest BCUT2D eigenvalue weighted by atomic mass is 32.2. The molecule has 2 aliphatic heterocycles. The normalized spacial score (nSPS) is 18.7. The fourth-order valence-electron chi connectivity index (χ4n) is 4.18. The first-order valence-corrected chi connectivity index (χ1v) is 11.8. The molecule has 0 N–H and O–H groups in total. The molecule has 1 amide bonds. The number of carbonyl (C=O) groups excluding carboxylic acids is 1. The third-order valence-electron chi connectivity index (χ3n) is 5.82. The van der Waals surface area contributed by atoms with Crippen LogP contribution in [-0.2, 0) is 17.9 Å². The van der Waals surface area contributed by atoms with E-state index in [0.717, 1.165) is 27.7 Å². The van der Waals surface area contributed by atoms with Crippen molar-refractivity contribution in [3.05, 3.63) is 100 Å². The molecule has 2 aromatic carbocycles. The van der Waals surface area contributed by atoms with Gasteiger partial charge in [0.25, 0.3) is 0 Å². The Balaban J connectivity index is 1.34. The average Bonchev–Trinajstić information content (AvgIpc) is 3.37. The van der Waals surface area contributed by atoms with Gasteiger partial charge in [0.1, 0.15) is 18.1 Å². The van der Waals surface area contributed by atoms with Gasteiger partial charge < -0.3 is 9.15 Å². The standard InChI is InChI=1S/C26H23N3O3S/c27-14-24-23(20-8-4-9-21(12-20)32-16-19-6-2-1-3-7-19)13-25(30)29-17-28(18-33-26(24)29)15-22-10-5-11-31-22/h1-12,23H,13,15-18H2/t23-/m0/s1. The topological polar surface area (TPSA) is 69.7 Å². The number of amides is 1. The summed E-state index contributed by atoms with van der Waals surface area (Å²) >= 11 is 1.54.